The van der Waals surface area contributed by atoms with Crippen LogP contribution in [0.15, 0.2) is 13.8 Å². The van der Waals surface area contributed by atoms with Crippen molar-refractivity contribution in [3.8, 4) is 0 Å². The van der Waals surface area contributed by atoms with Gasteiger partial charge in [0.25, 0.3) is 5.56 Å². The summed E-state index contributed by atoms with van der Waals surface area (Å²) in [6.45, 7) is 0. The van der Waals surface area contributed by atoms with Crippen LogP contribution in [-0.2, 0) is 4.79 Å². The first-order valence-electron chi connectivity index (χ1n) is 2.89. The predicted octanol–water partition coefficient (Wildman–Crippen LogP) is -0.185. The number of carboxylic acid groups (broad SMARTS) is 1. The average Bonchev–Trinajstić information content (AvgIpc) is 2.32. The van der Waals surface area contributed by atoms with Crippen molar-refractivity contribution in [3.63, 3.8) is 0 Å². The summed E-state index contributed by atoms with van der Waals surface area (Å²) in [7, 11) is 0. The molecule has 0 radical (unpaired) electrons. The summed E-state index contributed by atoms with van der Waals surface area (Å²) < 4.78 is 4.54. The van der Waals surface area contributed by atoms with E-state index >= 15 is 0 Å². The van der Waals surface area contributed by atoms with Crippen molar-refractivity contribution in [2.75, 3.05) is 0 Å². The van der Waals surface area contributed by atoms with Crippen LogP contribution in [-0.4, -0.2) is 16.2 Å². The molecule has 7 heteroatoms. The second kappa shape index (κ2) is 3.11. The van der Waals surface area contributed by atoms with E-state index < -0.39 is 17.6 Å². The largest absolute Gasteiger partial charge is 0.480 e. The van der Waals surface area contributed by atoms with Gasteiger partial charge in [0.2, 0.25) is 0 Å². The predicted molar refractivity (Wildman–Crippen MR) is 41.6 cm³/mol. The molecular weight excluding hydrogens is 232 g/mol. The van der Waals surface area contributed by atoms with Crippen LogP contribution in [0.2, 0.25) is 0 Å². The normalized spacial score (nSPS) is 12.8. The summed E-state index contributed by atoms with van der Waals surface area (Å²) in [5, 5.41) is 10.4. The minimum atomic E-state index is -1.33. The Morgan fingerprint density at radius 2 is 2.33 bits per heavy atom. The lowest BCUT2D eigenvalue weighted by atomic mass is 10.2. The van der Waals surface area contributed by atoms with Crippen molar-refractivity contribution < 1.29 is 14.4 Å². The molecule has 0 bridgehead atoms. The summed E-state index contributed by atoms with van der Waals surface area (Å²) in [6.07, 6.45) is 0. The summed E-state index contributed by atoms with van der Waals surface area (Å²) >= 11 is 2.84. The third-order valence-electron chi connectivity index (χ3n) is 1.22. The quantitative estimate of drug-likeness (QED) is 0.660. The number of H-pyrrole nitrogens is 1. The smallest absolute Gasteiger partial charge is 0.328 e. The van der Waals surface area contributed by atoms with E-state index in [-0.39, 0.29) is 10.2 Å². The highest BCUT2D eigenvalue weighted by molar-refractivity contribution is 9.10. The highest BCUT2D eigenvalue weighted by Gasteiger charge is 2.23. The van der Waals surface area contributed by atoms with Gasteiger partial charge < -0.3 is 15.4 Å². The van der Waals surface area contributed by atoms with Gasteiger partial charge >= 0.3 is 5.97 Å². The molecular formula is C5H5BrN2O4. The van der Waals surface area contributed by atoms with Gasteiger partial charge in [-0.1, -0.05) is 0 Å². The molecule has 0 amide bonds. The van der Waals surface area contributed by atoms with Gasteiger partial charge in [0, 0.05) is 0 Å². The zero-order valence-electron chi connectivity index (χ0n) is 5.70. The maximum atomic E-state index is 10.7. The molecule has 0 saturated heterocycles. The Balaban J connectivity index is 3.11. The third kappa shape index (κ3) is 1.41. The number of aromatic amines is 1. The number of aromatic nitrogens is 1. The first-order chi connectivity index (χ1) is 5.54. The number of aliphatic carboxylic acids is 1. The summed E-state index contributed by atoms with van der Waals surface area (Å²) in [4.78, 5) is 21.1. The molecule has 1 aromatic rings. The second-order valence-corrected chi connectivity index (χ2v) is 2.82. The Bertz CT molecular complexity index is 355. The molecule has 1 aromatic heterocycles. The van der Waals surface area contributed by atoms with Crippen LogP contribution < -0.4 is 11.3 Å². The number of hydrogen-bond donors (Lipinski definition) is 3. The van der Waals surface area contributed by atoms with Crippen LogP contribution in [0, 0.1) is 0 Å². The number of carboxylic acids is 1. The van der Waals surface area contributed by atoms with Crippen molar-refractivity contribution in [1.29, 1.82) is 0 Å². The monoisotopic (exact) mass is 236 g/mol. The molecule has 12 heavy (non-hydrogen) atoms. The first kappa shape index (κ1) is 9.01. The van der Waals surface area contributed by atoms with Crippen LogP contribution in [0.25, 0.3) is 0 Å². The molecule has 0 saturated carbocycles. The van der Waals surface area contributed by atoms with Crippen molar-refractivity contribution >= 4 is 21.9 Å². The van der Waals surface area contributed by atoms with E-state index in [2.05, 4.69) is 20.5 Å². The molecule has 0 unspecified atom stereocenters. The van der Waals surface area contributed by atoms with Gasteiger partial charge in [-0.25, -0.2) is 0 Å². The molecule has 1 atom stereocenters. The molecule has 0 aliphatic heterocycles. The number of halogens is 1. The van der Waals surface area contributed by atoms with Gasteiger partial charge in [0.1, 0.15) is 4.47 Å². The number of carbonyl (C=O) groups is 1. The van der Waals surface area contributed by atoms with Gasteiger partial charge in [-0.15, -0.1) is 0 Å². The molecule has 0 aromatic carbocycles. The van der Waals surface area contributed by atoms with Crippen molar-refractivity contribution in [1.82, 2.24) is 5.16 Å². The van der Waals surface area contributed by atoms with E-state index in [0.29, 0.717) is 0 Å². The van der Waals surface area contributed by atoms with Gasteiger partial charge in [-0.05, 0) is 15.9 Å². The summed E-state index contributed by atoms with van der Waals surface area (Å²) in [6, 6.07) is -1.33. The number of nitrogens with two attached hydrogens (primary N) is 1. The lowest BCUT2D eigenvalue weighted by Crippen LogP contribution is -2.20. The Hall–Kier alpha value is -1.08. The number of nitrogens with one attached hydrogen (secondary N) is 1. The second-order valence-electron chi connectivity index (χ2n) is 2.03. The van der Waals surface area contributed by atoms with E-state index in [1.807, 2.05) is 5.16 Å². The molecule has 0 fully saturated rings. The fourth-order valence-corrected chi connectivity index (χ4v) is 1.02. The first-order valence-corrected chi connectivity index (χ1v) is 3.68. The molecule has 66 valence electrons. The number of hydrogen-bond acceptors (Lipinski definition) is 4. The van der Waals surface area contributed by atoms with Gasteiger partial charge in [-0.2, -0.15) is 5.16 Å². The highest BCUT2D eigenvalue weighted by atomic mass is 79.9. The van der Waals surface area contributed by atoms with Crippen molar-refractivity contribution in [2.45, 2.75) is 6.04 Å². The average molecular weight is 237 g/mol. The van der Waals surface area contributed by atoms with Crippen LogP contribution >= 0.6 is 15.9 Å². The third-order valence-corrected chi connectivity index (χ3v) is 1.97. The zero-order chi connectivity index (χ0) is 9.30. The Labute approximate surface area is 74.5 Å². The standard InChI is InChI=1S/C5H5BrN2O4/c6-1-3(2(7)5(10)11)12-8-4(1)9/h2H,7H2,(H,8,9)(H,10,11)/t2-/m1/s1. The Kier molecular flexibility index (Phi) is 2.34. The lowest BCUT2D eigenvalue weighted by molar-refractivity contribution is -0.139. The topological polar surface area (TPSA) is 109 Å². The maximum Gasteiger partial charge on any atom is 0.328 e. The van der Waals surface area contributed by atoms with E-state index in [0.717, 1.165) is 0 Å². The fraction of sp³-hybridized carbons (Fsp3) is 0.200. The molecule has 1 rings (SSSR count). The Morgan fingerprint density at radius 1 is 1.75 bits per heavy atom. The minimum absolute atomic E-state index is 0.0115. The van der Waals surface area contributed by atoms with Gasteiger partial charge in [-0.3, -0.25) is 9.59 Å². The van der Waals surface area contributed by atoms with Gasteiger partial charge in [0.05, 0.1) is 0 Å². The van der Waals surface area contributed by atoms with Crippen LogP contribution in [0.4, 0.5) is 0 Å². The molecule has 6 nitrogen and oxygen atoms in total. The van der Waals surface area contributed by atoms with Crippen LogP contribution in [0.5, 0.6) is 0 Å². The fourth-order valence-electron chi connectivity index (χ4n) is 0.615. The van der Waals surface area contributed by atoms with E-state index in [1.165, 1.54) is 0 Å². The van der Waals surface area contributed by atoms with Crippen LogP contribution in [0.1, 0.15) is 11.8 Å². The molecule has 1 heterocycles. The van der Waals surface area contributed by atoms with Crippen molar-refractivity contribution in [2.24, 2.45) is 5.73 Å². The lowest BCUT2D eigenvalue weighted by Gasteiger charge is -1.99. The zero-order valence-corrected chi connectivity index (χ0v) is 7.29. The molecule has 0 aliphatic carbocycles. The van der Waals surface area contributed by atoms with Crippen molar-refractivity contribution in [3.05, 3.63) is 20.6 Å². The van der Waals surface area contributed by atoms with E-state index in [9.17, 15) is 9.59 Å². The molecule has 0 spiro atoms. The van der Waals surface area contributed by atoms with E-state index in [4.69, 9.17) is 10.8 Å². The molecule has 0 aliphatic rings. The molecule has 4 N–H and O–H groups in total. The maximum absolute atomic E-state index is 10.7. The highest BCUT2D eigenvalue weighted by Crippen LogP contribution is 2.17. The summed E-state index contributed by atoms with van der Waals surface area (Å²) in [5.74, 6) is -1.38. The van der Waals surface area contributed by atoms with Crippen LogP contribution in [0.3, 0.4) is 0 Å². The SMILES string of the molecule is N[C@@H](C(=O)O)c1o[nH]c(=O)c1Br. The Morgan fingerprint density at radius 3 is 2.67 bits per heavy atom. The summed E-state index contributed by atoms with van der Waals surface area (Å²) in [5.41, 5.74) is 4.63. The number of rotatable bonds is 2. The van der Waals surface area contributed by atoms with Gasteiger partial charge in [0.15, 0.2) is 11.8 Å². The minimum Gasteiger partial charge on any atom is -0.480 e. The van der Waals surface area contributed by atoms with E-state index in [1.54, 1.807) is 0 Å².